The Bertz CT molecular complexity index is 1220. The average Bonchev–Trinajstić information content (AvgIpc) is 2.78. The number of nitrogens with one attached hydrogen (secondary N) is 1. The standard InChI is InChI=1S/C26H22N2O4/c1-17-7-12-23(18(2)13-17)28-25(29)22(15-27)14-21-5-3-4-6-24(21)32-16-19-8-10-20(11-9-19)26(30)31/h3-14H,16H2,1-2H3,(H,28,29)(H,30,31)/b22-14+. The molecule has 3 rings (SSSR count). The highest BCUT2D eigenvalue weighted by atomic mass is 16.5. The number of aryl methyl sites for hydroxylation is 2. The summed E-state index contributed by atoms with van der Waals surface area (Å²) in [7, 11) is 0. The van der Waals surface area contributed by atoms with Crippen molar-refractivity contribution in [1.82, 2.24) is 0 Å². The molecule has 6 nitrogen and oxygen atoms in total. The number of nitriles is 1. The van der Waals surface area contributed by atoms with Crippen molar-refractivity contribution < 1.29 is 19.4 Å². The van der Waals surface area contributed by atoms with Gasteiger partial charge in [0.1, 0.15) is 24.0 Å². The molecule has 0 radical (unpaired) electrons. The van der Waals surface area contributed by atoms with E-state index >= 15 is 0 Å². The van der Waals surface area contributed by atoms with Crippen molar-refractivity contribution in [2.24, 2.45) is 0 Å². The van der Waals surface area contributed by atoms with Crippen LogP contribution in [0.1, 0.15) is 32.6 Å². The highest BCUT2D eigenvalue weighted by molar-refractivity contribution is 6.10. The van der Waals surface area contributed by atoms with Gasteiger partial charge in [0.05, 0.1) is 5.56 Å². The van der Waals surface area contributed by atoms with E-state index in [1.54, 1.807) is 36.4 Å². The first-order chi connectivity index (χ1) is 15.4. The van der Waals surface area contributed by atoms with Crippen molar-refractivity contribution in [3.8, 4) is 11.8 Å². The number of para-hydroxylation sites is 1. The van der Waals surface area contributed by atoms with Gasteiger partial charge < -0.3 is 15.2 Å². The summed E-state index contributed by atoms with van der Waals surface area (Å²) >= 11 is 0. The number of benzene rings is 3. The molecule has 1 amide bonds. The van der Waals surface area contributed by atoms with E-state index in [1.165, 1.54) is 18.2 Å². The number of amides is 1. The maximum atomic E-state index is 12.7. The molecule has 3 aromatic carbocycles. The smallest absolute Gasteiger partial charge is 0.335 e. The molecule has 0 aliphatic heterocycles. The van der Waals surface area contributed by atoms with Crippen LogP contribution in [0, 0.1) is 25.2 Å². The van der Waals surface area contributed by atoms with E-state index in [2.05, 4.69) is 5.32 Å². The van der Waals surface area contributed by atoms with Crippen LogP contribution < -0.4 is 10.1 Å². The van der Waals surface area contributed by atoms with Gasteiger partial charge in [-0.2, -0.15) is 5.26 Å². The molecule has 0 bridgehead atoms. The topological polar surface area (TPSA) is 99.4 Å². The first-order valence-corrected chi connectivity index (χ1v) is 9.92. The quantitative estimate of drug-likeness (QED) is 0.403. The van der Waals surface area contributed by atoms with Crippen molar-refractivity contribution in [2.45, 2.75) is 20.5 Å². The summed E-state index contributed by atoms with van der Waals surface area (Å²) < 4.78 is 5.87. The Kier molecular flexibility index (Phi) is 7.04. The van der Waals surface area contributed by atoms with Crippen LogP contribution in [0.2, 0.25) is 0 Å². The molecule has 3 aromatic rings. The number of nitrogens with zero attached hydrogens (tertiary/aromatic N) is 1. The molecule has 0 saturated carbocycles. The number of ether oxygens (including phenoxy) is 1. The zero-order valence-electron chi connectivity index (χ0n) is 17.8. The molecule has 0 heterocycles. The molecule has 0 fully saturated rings. The molecule has 160 valence electrons. The molecule has 6 heteroatoms. The zero-order chi connectivity index (χ0) is 23.1. The van der Waals surface area contributed by atoms with Gasteiger partial charge in [0, 0.05) is 11.3 Å². The number of hydrogen-bond acceptors (Lipinski definition) is 4. The highest BCUT2D eigenvalue weighted by Gasteiger charge is 2.13. The summed E-state index contributed by atoms with van der Waals surface area (Å²) in [6.07, 6.45) is 1.49. The van der Waals surface area contributed by atoms with Crippen LogP contribution >= 0.6 is 0 Å². The van der Waals surface area contributed by atoms with Crippen molar-refractivity contribution in [3.05, 3.63) is 100 Å². The van der Waals surface area contributed by atoms with Gasteiger partial charge in [-0.25, -0.2) is 4.79 Å². The van der Waals surface area contributed by atoms with E-state index in [0.717, 1.165) is 16.7 Å². The molecular weight excluding hydrogens is 404 g/mol. The lowest BCUT2D eigenvalue weighted by molar-refractivity contribution is -0.112. The summed E-state index contributed by atoms with van der Waals surface area (Å²) in [5.74, 6) is -0.989. The van der Waals surface area contributed by atoms with Crippen LogP contribution in [-0.2, 0) is 11.4 Å². The summed E-state index contributed by atoms with van der Waals surface area (Å²) in [5.41, 5.74) is 4.17. The van der Waals surface area contributed by atoms with Crippen LogP contribution in [0.3, 0.4) is 0 Å². The fraction of sp³-hybridized carbons (Fsp3) is 0.115. The van der Waals surface area contributed by atoms with Crippen LogP contribution in [0.4, 0.5) is 5.69 Å². The lowest BCUT2D eigenvalue weighted by Crippen LogP contribution is -2.14. The highest BCUT2D eigenvalue weighted by Crippen LogP contribution is 2.23. The van der Waals surface area contributed by atoms with Gasteiger partial charge in [-0.3, -0.25) is 4.79 Å². The maximum absolute atomic E-state index is 12.7. The van der Waals surface area contributed by atoms with Crippen molar-refractivity contribution in [3.63, 3.8) is 0 Å². The van der Waals surface area contributed by atoms with Crippen molar-refractivity contribution in [2.75, 3.05) is 5.32 Å². The second kappa shape index (κ2) is 10.1. The normalized spacial score (nSPS) is 10.8. The lowest BCUT2D eigenvalue weighted by Gasteiger charge is -2.11. The third-order valence-electron chi connectivity index (χ3n) is 4.81. The molecule has 0 atom stereocenters. The van der Waals surface area contributed by atoms with Gasteiger partial charge >= 0.3 is 5.97 Å². The van der Waals surface area contributed by atoms with Crippen molar-refractivity contribution in [1.29, 1.82) is 5.26 Å². The number of aromatic carboxylic acids is 1. The van der Waals surface area contributed by atoms with Crippen LogP contribution in [0.5, 0.6) is 5.75 Å². The number of carbonyl (C=O) groups is 2. The van der Waals surface area contributed by atoms with Crippen LogP contribution in [0.15, 0.2) is 72.3 Å². The number of carbonyl (C=O) groups excluding carboxylic acids is 1. The fourth-order valence-corrected chi connectivity index (χ4v) is 3.08. The SMILES string of the molecule is Cc1ccc(NC(=O)/C(C#N)=C/c2ccccc2OCc2ccc(C(=O)O)cc2)c(C)c1. The Morgan fingerprint density at radius 3 is 2.44 bits per heavy atom. The molecule has 0 aromatic heterocycles. The first-order valence-electron chi connectivity index (χ1n) is 9.92. The second-order valence-electron chi connectivity index (χ2n) is 7.27. The Hall–Kier alpha value is -4.37. The molecular formula is C26H22N2O4. The van der Waals surface area contributed by atoms with E-state index in [0.29, 0.717) is 17.0 Å². The predicted octanol–water partition coefficient (Wildman–Crippen LogP) is 5.13. The largest absolute Gasteiger partial charge is 0.488 e. The van der Waals surface area contributed by atoms with Crippen LogP contribution in [-0.4, -0.2) is 17.0 Å². The minimum atomic E-state index is -0.990. The van der Waals surface area contributed by atoms with Crippen molar-refractivity contribution >= 4 is 23.6 Å². The fourth-order valence-electron chi connectivity index (χ4n) is 3.08. The second-order valence-corrected chi connectivity index (χ2v) is 7.27. The molecule has 0 saturated heterocycles. The average molecular weight is 426 g/mol. The Morgan fingerprint density at radius 2 is 1.78 bits per heavy atom. The third kappa shape index (κ3) is 5.61. The molecule has 0 aliphatic carbocycles. The maximum Gasteiger partial charge on any atom is 0.335 e. The minimum Gasteiger partial charge on any atom is -0.488 e. The summed E-state index contributed by atoms with van der Waals surface area (Å²) in [4.78, 5) is 23.6. The van der Waals surface area contributed by atoms with Gasteiger partial charge in [0.25, 0.3) is 5.91 Å². The van der Waals surface area contributed by atoms with E-state index < -0.39 is 11.9 Å². The van der Waals surface area contributed by atoms with Gasteiger partial charge in [-0.15, -0.1) is 0 Å². The van der Waals surface area contributed by atoms with E-state index in [4.69, 9.17) is 9.84 Å². The third-order valence-corrected chi connectivity index (χ3v) is 4.81. The molecule has 0 aliphatic rings. The number of hydrogen-bond donors (Lipinski definition) is 2. The van der Waals surface area contributed by atoms with E-state index in [9.17, 15) is 14.9 Å². The Morgan fingerprint density at radius 1 is 1.06 bits per heavy atom. The molecule has 32 heavy (non-hydrogen) atoms. The first kappa shape index (κ1) is 22.3. The predicted molar refractivity (Wildman–Crippen MR) is 122 cm³/mol. The summed E-state index contributed by atoms with van der Waals surface area (Å²) in [6.45, 7) is 4.07. The molecule has 2 N–H and O–H groups in total. The van der Waals surface area contributed by atoms with Gasteiger partial charge in [0.2, 0.25) is 0 Å². The Balaban J connectivity index is 1.77. The molecule has 0 spiro atoms. The lowest BCUT2D eigenvalue weighted by atomic mass is 10.1. The Labute approximate surface area is 186 Å². The minimum absolute atomic E-state index is 0.0492. The number of anilines is 1. The van der Waals surface area contributed by atoms with E-state index in [1.807, 2.05) is 38.1 Å². The number of carboxylic acids is 1. The van der Waals surface area contributed by atoms with E-state index in [-0.39, 0.29) is 17.7 Å². The van der Waals surface area contributed by atoms with Crippen LogP contribution in [0.25, 0.3) is 6.08 Å². The van der Waals surface area contributed by atoms with Gasteiger partial charge in [-0.05, 0) is 55.3 Å². The van der Waals surface area contributed by atoms with Gasteiger partial charge in [0.15, 0.2) is 0 Å². The zero-order valence-corrected chi connectivity index (χ0v) is 17.8. The number of carboxylic acid groups (broad SMARTS) is 1. The van der Waals surface area contributed by atoms with Gasteiger partial charge in [-0.1, -0.05) is 48.0 Å². The molecule has 0 unspecified atom stereocenters. The summed E-state index contributed by atoms with van der Waals surface area (Å²) in [6, 6.07) is 21.1. The number of rotatable bonds is 7. The summed E-state index contributed by atoms with van der Waals surface area (Å²) in [5, 5.41) is 21.3. The monoisotopic (exact) mass is 426 g/mol.